The standard InChI is InChI=1S/C24H24ClN7O/c1-16-15-17(25)7-8-18(16)28-23-21-22(27-10-9-26-21)29-24(30-23)32-13-11-31(12-14-32)19-5-3-4-6-20(19)33-2/h3-10,15H,11-14H2,1-2H3,(H,27,28,29,30). The van der Waals surface area contributed by atoms with E-state index < -0.39 is 0 Å². The molecular formula is C24H24ClN7O. The second kappa shape index (κ2) is 9.07. The quantitative estimate of drug-likeness (QED) is 0.466. The van der Waals surface area contributed by atoms with Gasteiger partial charge in [0.25, 0.3) is 0 Å². The molecule has 0 aliphatic carbocycles. The van der Waals surface area contributed by atoms with Gasteiger partial charge in [0.15, 0.2) is 17.0 Å². The van der Waals surface area contributed by atoms with Crippen LogP contribution < -0.4 is 19.9 Å². The third kappa shape index (κ3) is 4.34. The van der Waals surface area contributed by atoms with Crippen molar-refractivity contribution in [2.75, 3.05) is 48.4 Å². The Hall–Kier alpha value is -3.65. The molecule has 2 aromatic carbocycles. The molecule has 0 amide bonds. The zero-order valence-electron chi connectivity index (χ0n) is 18.5. The first-order valence-electron chi connectivity index (χ1n) is 10.8. The molecule has 33 heavy (non-hydrogen) atoms. The number of halogens is 1. The van der Waals surface area contributed by atoms with E-state index in [9.17, 15) is 0 Å². The number of hydrogen-bond donors (Lipinski definition) is 1. The molecule has 5 rings (SSSR count). The maximum absolute atomic E-state index is 6.12. The summed E-state index contributed by atoms with van der Waals surface area (Å²) < 4.78 is 5.54. The van der Waals surface area contributed by atoms with Gasteiger partial charge in [-0.3, -0.25) is 0 Å². The van der Waals surface area contributed by atoms with Crippen LogP contribution in [0.5, 0.6) is 5.75 Å². The van der Waals surface area contributed by atoms with Gasteiger partial charge in [-0.05, 0) is 42.8 Å². The molecule has 0 saturated carbocycles. The number of ether oxygens (including phenoxy) is 1. The number of anilines is 4. The van der Waals surface area contributed by atoms with Crippen molar-refractivity contribution in [2.45, 2.75) is 6.92 Å². The van der Waals surface area contributed by atoms with Gasteiger partial charge in [0.05, 0.1) is 12.8 Å². The number of nitrogens with one attached hydrogen (secondary N) is 1. The minimum Gasteiger partial charge on any atom is -0.495 e. The number of hydrogen-bond acceptors (Lipinski definition) is 8. The summed E-state index contributed by atoms with van der Waals surface area (Å²) in [5.41, 5.74) is 4.22. The van der Waals surface area contributed by atoms with Crippen LogP contribution in [0.15, 0.2) is 54.9 Å². The first-order chi connectivity index (χ1) is 16.1. The van der Waals surface area contributed by atoms with Crippen molar-refractivity contribution in [1.82, 2.24) is 19.9 Å². The Balaban J connectivity index is 1.42. The van der Waals surface area contributed by atoms with Gasteiger partial charge in [0.2, 0.25) is 5.95 Å². The number of aryl methyl sites for hydroxylation is 1. The van der Waals surface area contributed by atoms with Gasteiger partial charge >= 0.3 is 0 Å². The predicted octanol–water partition coefficient (Wildman–Crippen LogP) is 4.46. The van der Waals surface area contributed by atoms with Crippen LogP contribution in [0, 0.1) is 6.92 Å². The van der Waals surface area contributed by atoms with Crippen LogP contribution in [0.25, 0.3) is 11.2 Å². The Morgan fingerprint density at radius 3 is 2.48 bits per heavy atom. The number of para-hydroxylation sites is 2. The molecule has 1 aliphatic rings. The van der Waals surface area contributed by atoms with Crippen molar-refractivity contribution in [3.05, 3.63) is 65.4 Å². The average Bonchev–Trinajstić information content (AvgIpc) is 2.85. The molecular weight excluding hydrogens is 438 g/mol. The smallest absolute Gasteiger partial charge is 0.229 e. The highest BCUT2D eigenvalue weighted by molar-refractivity contribution is 6.30. The van der Waals surface area contributed by atoms with Gasteiger partial charge in [-0.25, -0.2) is 9.97 Å². The minimum absolute atomic E-state index is 0.559. The lowest BCUT2D eigenvalue weighted by atomic mass is 10.2. The van der Waals surface area contributed by atoms with Gasteiger partial charge < -0.3 is 19.9 Å². The summed E-state index contributed by atoms with van der Waals surface area (Å²) in [7, 11) is 1.70. The van der Waals surface area contributed by atoms with E-state index in [0.717, 1.165) is 48.9 Å². The lowest BCUT2D eigenvalue weighted by Gasteiger charge is -2.36. The lowest BCUT2D eigenvalue weighted by Crippen LogP contribution is -2.47. The highest BCUT2D eigenvalue weighted by Crippen LogP contribution is 2.30. The van der Waals surface area contributed by atoms with Gasteiger partial charge in [-0.2, -0.15) is 9.97 Å². The Morgan fingerprint density at radius 1 is 0.939 bits per heavy atom. The molecule has 0 atom stereocenters. The summed E-state index contributed by atoms with van der Waals surface area (Å²) in [5, 5.41) is 4.10. The van der Waals surface area contributed by atoms with E-state index in [1.807, 2.05) is 43.3 Å². The fourth-order valence-electron chi connectivity index (χ4n) is 4.01. The molecule has 0 unspecified atom stereocenters. The van der Waals surface area contributed by atoms with E-state index in [1.54, 1.807) is 19.5 Å². The summed E-state index contributed by atoms with van der Waals surface area (Å²) in [6.07, 6.45) is 3.30. The van der Waals surface area contributed by atoms with E-state index >= 15 is 0 Å². The van der Waals surface area contributed by atoms with E-state index in [-0.39, 0.29) is 0 Å². The summed E-state index contributed by atoms with van der Waals surface area (Å²) in [6, 6.07) is 13.8. The molecule has 0 radical (unpaired) electrons. The Kier molecular flexibility index (Phi) is 5.83. The van der Waals surface area contributed by atoms with Gasteiger partial charge in [-0.1, -0.05) is 23.7 Å². The van der Waals surface area contributed by atoms with Crippen molar-refractivity contribution < 1.29 is 4.74 Å². The second-order valence-electron chi connectivity index (χ2n) is 7.83. The maximum atomic E-state index is 6.12. The third-order valence-electron chi connectivity index (χ3n) is 5.75. The molecule has 1 saturated heterocycles. The van der Waals surface area contributed by atoms with E-state index in [2.05, 4.69) is 31.2 Å². The van der Waals surface area contributed by atoms with Crippen molar-refractivity contribution in [3.63, 3.8) is 0 Å². The maximum Gasteiger partial charge on any atom is 0.229 e. The number of nitrogens with zero attached hydrogens (tertiary/aromatic N) is 6. The zero-order chi connectivity index (χ0) is 22.8. The summed E-state index contributed by atoms with van der Waals surface area (Å²) in [5.74, 6) is 2.14. The topological polar surface area (TPSA) is 79.3 Å². The fourth-order valence-corrected chi connectivity index (χ4v) is 4.24. The fraction of sp³-hybridized carbons (Fsp3) is 0.250. The number of rotatable bonds is 5. The molecule has 2 aromatic heterocycles. The number of piperazine rings is 1. The minimum atomic E-state index is 0.559. The van der Waals surface area contributed by atoms with E-state index in [4.69, 9.17) is 26.3 Å². The molecule has 9 heteroatoms. The number of benzene rings is 2. The lowest BCUT2D eigenvalue weighted by molar-refractivity contribution is 0.413. The van der Waals surface area contributed by atoms with Crippen LogP contribution in [-0.4, -0.2) is 53.2 Å². The Labute approximate surface area is 197 Å². The van der Waals surface area contributed by atoms with Crippen molar-refractivity contribution in [2.24, 2.45) is 0 Å². The molecule has 168 valence electrons. The van der Waals surface area contributed by atoms with Crippen LogP contribution in [0.1, 0.15) is 5.56 Å². The van der Waals surface area contributed by atoms with Crippen LogP contribution in [-0.2, 0) is 0 Å². The van der Waals surface area contributed by atoms with Crippen LogP contribution in [0.2, 0.25) is 5.02 Å². The molecule has 0 spiro atoms. The van der Waals surface area contributed by atoms with Crippen LogP contribution in [0.3, 0.4) is 0 Å². The first-order valence-corrected chi connectivity index (χ1v) is 11.1. The normalized spacial score (nSPS) is 13.9. The van der Waals surface area contributed by atoms with Crippen LogP contribution in [0.4, 0.5) is 23.1 Å². The van der Waals surface area contributed by atoms with Crippen molar-refractivity contribution in [1.29, 1.82) is 0 Å². The highest BCUT2D eigenvalue weighted by atomic mass is 35.5. The first kappa shape index (κ1) is 21.2. The number of aromatic nitrogens is 4. The molecule has 1 aliphatic heterocycles. The van der Waals surface area contributed by atoms with E-state index in [1.165, 1.54) is 0 Å². The largest absolute Gasteiger partial charge is 0.495 e. The van der Waals surface area contributed by atoms with E-state index in [0.29, 0.717) is 28.0 Å². The molecule has 1 N–H and O–H groups in total. The molecule has 0 bridgehead atoms. The second-order valence-corrected chi connectivity index (χ2v) is 8.27. The average molecular weight is 462 g/mol. The Morgan fingerprint density at radius 2 is 1.70 bits per heavy atom. The summed E-state index contributed by atoms with van der Waals surface area (Å²) in [6.45, 7) is 5.23. The zero-order valence-corrected chi connectivity index (χ0v) is 19.3. The van der Waals surface area contributed by atoms with Crippen molar-refractivity contribution >= 4 is 45.9 Å². The molecule has 8 nitrogen and oxygen atoms in total. The monoisotopic (exact) mass is 461 g/mol. The van der Waals surface area contributed by atoms with Gasteiger partial charge in [0.1, 0.15) is 5.75 Å². The SMILES string of the molecule is COc1ccccc1N1CCN(c2nc(Nc3ccc(Cl)cc3C)c3nccnc3n2)CC1. The van der Waals surface area contributed by atoms with Gasteiger partial charge in [-0.15, -0.1) is 0 Å². The van der Waals surface area contributed by atoms with Crippen molar-refractivity contribution in [3.8, 4) is 5.75 Å². The summed E-state index contributed by atoms with van der Waals surface area (Å²) in [4.78, 5) is 22.9. The highest BCUT2D eigenvalue weighted by Gasteiger charge is 2.23. The number of methoxy groups -OCH3 is 1. The predicted molar refractivity (Wildman–Crippen MR) is 132 cm³/mol. The Bertz CT molecular complexity index is 1290. The third-order valence-corrected chi connectivity index (χ3v) is 5.99. The molecule has 1 fully saturated rings. The summed E-state index contributed by atoms with van der Waals surface area (Å²) >= 11 is 6.12. The number of fused-ring (bicyclic) bond motifs is 1. The molecule has 4 aromatic rings. The van der Waals surface area contributed by atoms with Gasteiger partial charge in [0, 0.05) is 49.3 Å². The molecule has 3 heterocycles. The van der Waals surface area contributed by atoms with Crippen LogP contribution >= 0.6 is 11.6 Å².